The Kier molecular flexibility index (Phi) is 6.11. The maximum Gasteiger partial charge on any atom is 0.150 e. The topological polar surface area (TPSA) is 81.4 Å². The first kappa shape index (κ1) is 20.9. The highest BCUT2D eigenvalue weighted by atomic mass is 32.2. The van der Waals surface area contributed by atoms with Crippen LogP contribution in [0.5, 0.6) is 5.75 Å². The van der Waals surface area contributed by atoms with E-state index < -0.39 is 15.9 Å². The molecule has 160 valence electrons. The molecule has 2 atom stereocenters. The first-order chi connectivity index (χ1) is 14.4. The molecule has 0 saturated carbocycles. The first-order valence-corrected chi connectivity index (χ1v) is 12.3. The van der Waals surface area contributed by atoms with Crippen LogP contribution < -0.4 is 4.74 Å². The summed E-state index contributed by atoms with van der Waals surface area (Å²) in [6, 6.07) is 15.7. The van der Waals surface area contributed by atoms with E-state index in [9.17, 15) is 13.5 Å². The fraction of sp³-hybridized carbons (Fsp3) is 0.435. The van der Waals surface area contributed by atoms with Gasteiger partial charge in [0.25, 0.3) is 0 Å². The molecule has 1 N–H and O–H groups in total. The summed E-state index contributed by atoms with van der Waals surface area (Å²) in [5, 5.41) is 10.6. The average molecular weight is 429 g/mol. The van der Waals surface area contributed by atoms with Crippen LogP contribution in [0, 0.1) is 5.92 Å². The summed E-state index contributed by atoms with van der Waals surface area (Å²) in [7, 11) is -2.93. The molecule has 0 spiro atoms. The van der Waals surface area contributed by atoms with Crippen LogP contribution in [0.4, 0.5) is 0 Å². The Morgan fingerprint density at radius 3 is 2.67 bits per heavy atom. The smallest absolute Gasteiger partial charge is 0.150 e. The van der Waals surface area contributed by atoms with E-state index in [1.54, 1.807) is 0 Å². The molecule has 7 heteroatoms. The van der Waals surface area contributed by atoms with Crippen molar-refractivity contribution in [2.45, 2.75) is 38.8 Å². The van der Waals surface area contributed by atoms with E-state index >= 15 is 0 Å². The van der Waals surface area contributed by atoms with Crippen molar-refractivity contribution in [1.82, 2.24) is 9.55 Å². The Balaban J connectivity index is 1.47. The van der Waals surface area contributed by atoms with Crippen molar-refractivity contribution in [3.8, 4) is 5.75 Å². The molecule has 2 aromatic carbocycles. The Hall–Kier alpha value is -2.38. The quantitative estimate of drug-likeness (QED) is 0.596. The summed E-state index contributed by atoms with van der Waals surface area (Å²) >= 11 is 0. The SMILES string of the molecule is CCc1ccc(OC[C@H](O)Cn2c(C[C@@H]3CCS(=O)(=O)C3)nc3ccccc32)cc1. The van der Waals surface area contributed by atoms with Crippen molar-refractivity contribution in [1.29, 1.82) is 0 Å². The number of aliphatic hydroxyl groups is 1. The summed E-state index contributed by atoms with van der Waals surface area (Å²) in [4.78, 5) is 4.73. The molecule has 2 heterocycles. The van der Waals surface area contributed by atoms with Crippen LogP contribution in [0.2, 0.25) is 0 Å². The largest absolute Gasteiger partial charge is 0.491 e. The van der Waals surface area contributed by atoms with Gasteiger partial charge in [0.15, 0.2) is 9.84 Å². The molecule has 0 radical (unpaired) electrons. The molecule has 6 nitrogen and oxygen atoms in total. The van der Waals surface area contributed by atoms with Crippen molar-refractivity contribution >= 4 is 20.9 Å². The summed E-state index contributed by atoms with van der Waals surface area (Å²) in [5.74, 6) is 2.11. The van der Waals surface area contributed by atoms with E-state index in [1.165, 1.54) is 5.56 Å². The van der Waals surface area contributed by atoms with Gasteiger partial charge in [-0.1, -0.05) is 31.2 Å². The number of ether oxygens (including phenoxy) is 1. The normalized spacial score (nSPS) is 19.2. The maximum atomic E-state index is 11.8. The van der Waals surface area contributed by atoms with Gasteiger partial charge >= 0.3 is 0 Å². The zero-order chi connectivity index (χ0) is 21.1. The molecular weight excluding hydrogens is 400 g/mol. The van der Waals surface area contributed by atoms with E-state index in [-0.39, 0.29) is 24.0 Å². The van der Waals surface area contributed by atoms with E-state index in [0.29, 0.717) is 19.4 Å². The van der Waals surface area contributed by atoms with E-state index in [2.05, 4.69) is 6.92 Å². The van der Waals surface area contributed by atoms with Gasteiger partial charge in [-0.3, -0.25) is 0 Å². The second kappa shape index (κ2) is 8.78. The number of benzene rings is 2. The number of nitrogens with zero attached hydrogens (tertiary/aromatic N) is 2. The summed E-state index contributed by atoms with van der Waals surface area (Å²) < 4.78 is 31.5. The molecule has 1 aliphatic heterocycles. The van der Waals surface area contributed by atoms with Crippen molar-refractivity contribution in [3.05, 3.63) is 59.9 Å². The van der Waals surface area contributed by atoms with Crippen LogP contribution in [0.15, 0.2) is 48.5 Å². The number of aliphatic hydroxyl groups excluding tert-OH is 1. The lowest BCUT2D eigenvalue weighted by Crippen LogP contribution is -2.25. The Morgan fingerprint density at radius 2 is 1.97 bits per heavy atom. The number of aromatic nitrogens is 2. The Labute approximate surface area is 177 Å². The van der Waals surface area contributed by atoms with Crippen LogP contribution in [-0.4, -0.2) is 47.3 Å². The highest BCUT2D eigenvalue weighted by Crippen LogP contribution is 2.25. The molecule has 1 fully saturated rings. The monoisotopic (exact) mass is 428 g/mol. The predicted octanol–water partition coefficient (Wildman–Crippen LogP) is 3.02. The summed E-state index contributed by atoms with van der Waals surface area (Å²) in [5.41, 5.74) is 3.04. The van der Waals surface area contributed by atoms with Gasteiger partial charge in [-0.05, 0) is 48.6 Å². The number of sulfone groups is 1. The van der Waals surface area contributed by atoms with Crippen molar-refractivity contribution in [2.75, 3.05) is 18.1 Å². The third-order valence-corrected chi connectivity index (χ3v) is 7.54. The molecule has 1 aliphatic rings. The van der Waals surface area contributed by atoms with Gasteiger partial charge in [-0.15, -0.1) is 0 Å². The van der Waals surface area contributed by atoms with Crippen molar-refractivity contribution in [3.63, 3.8) is 0 Å². The van der Waals surface area contributed by atoms with E-state index in [0.717, 1.165) is 29.0 Å². The predicted molar refractivity (Wildman–Crippen MR) is 118 cm³/mol. The fourth-order valence-corrected chi connectivity index (χ4v) is 5.92. The number of hydrogen-bond acceptors (Lipinski definition) is 5. The second-order valence-electron chi connectivity index (χ2n) is 8.06. The maximum absolute atomic E-state index is 11.8. The van der Waals surface area contributed by atoms with Crippen molar-refractivity contribution in [2.24, 2.45) is 5.92 Å². The zero-order valence-electron chi connectivity index (χ0n) is 17.2. The molecule has 30 heavy (non-hydrogen) atoms. The van der Waals surface area contributed by atoms with Crippen LogP contribution in [0.25, 0.3) is 11.0 Å². The van der Waals surface area contributed by atoms with Gasteiger partial charge in [0.2, 0.25) is 0 Å². The molecule has 0 unspecified atom stereocenters. The molecule has 0 aliphatic carbocycles. The van der Waals surface area contributed by atoms with Crippen LogP contribution >= 0.6 is 0 Å². The minimum absolute atomic E-state index is 0.0797. The first-order valence-electron chi connectivity index (χ1n) is 10.5. The van der Waals surface area contributed by atoms with Gasteiger partial charge < -0.3 is 14.4 Å². The molecular formula is C23H28N2O4S. The minimum Gasteiger partial charge on any atom is -0.491 e. The number of imidazole rings is 1. The molecule has 3 aromatic rings. The van der Waals surface area contributed by atoms with E-state index in [4.69, 9.17) is 9.72 Å². The van der Waals surface area contributed by atoms with Crippen LogP contribution in [-0.2, 0) is 29.2 Å². The number of rotatable bonds is 8. The lowest BCUT2D eigenvalue weighted by Gasteiger charge is -2.17. The molecule has 0 bridgehead atoms. The second-order valence-corrected chi connectivity index (χ2v) is 10.3. The molecule has 1 aromatic heterocycles. The van der Waals surface area contributed by atoms with E-state index in [1.807, 2.05) is 53.1 Å². The van der Waals surface area contributed by atoms with Gasteiger partial charge in [0, 0.05) is 6.42 Å². The third-order valence-electron chi connectivity index (χ3n) is 5.70. The molecule has 0 amide bonds. The van der Waals surface area contributed by atoms with Gasteiger partial charge in [0.1, 0.15) is 24.3 Å². The van der Waals surface area contributed by atoms with Crippen molar-refractivity contribution < 1.29 is 18.3 Å². The summed E-state index contributed by atoms with van der Waals surface area (Å²) in [6.07, 6.45) is 1.53. The Morgan fingerprint density at radius 1 is 1.20 bits per heavy atom. The Bertz CT molecular complexity index is 1110. The highest BCUT2D eigenvalue weighted by molar-refractivity contribution is 7.91. The molecule has 4 rings (SSSR count). The number of hydrogen-bond donors (Lipinski definition) is 1. The molecule has 1 saturated heterocycles. The number of para-hydroxylation sites is 2. The zero-order valence-corrected chi connectivity index (χ0v) is 18.0. The minimum atomic E-state index is -2.93. The highest BCUT2D eigenvalue weighted by Gasteiger charge is 2.29. The lowest BCUT2D eigenvalue weighted by molar-refractivity contribution is 0.0925. The van der Waals surface area contributed by atoms with Gasteiger partial charge in [0.05, 0.1) is 29.1 Å². The van der Waals surface area contributed by atoms with Gasteiger partial charge in [-0.25, -0.2) is 13.4 Å². The lowest BCUT2D eigenvalue weighted by atomic mass is 10.1. The third kappa shape index (κ3) is 4.84. The van der Waals surface area contributed by atoms with Crippen LogP contribution in [0.3, 0.4) is 0 Å². The summed E-state index contributed by atoms with van der Waals surface area (Å²) in [6.45, 7) is 2.63. The van der Waals surface area contributed by atoms with Crippen LogP contribution in [0.1, 0.15) is 24.7 Å². The number of fused-ring (bicyclic) bond motifs is 1. The average Bonchev–Trinajstić information content (AvgIpc) is 3.26. The standard InChI is InChI=1S/C23H28N2O4S/c1-2-17-7-9-20(10-8-17)29-15-19(26)14-25-22-6-4-3-5-21(22)24-23(25)13-18-11-12-30(27,28)16-18/h3-10,18-19,26H,2,11-16H2,1H3/t18-,19+/m0/s1. The number of aryl methyl sites for hydroxylation is 1. The fourth-order valence-electron chi connectivity index (χ4n) is 4.05. The van der Waals surface area contributed by atoms with Gasteiger partial charge in [-0.2, -0.15) is 0 Å².